The molecule has 0 aromatic carbocycles. The molecule has 0 aliphatic rings. The Hall–Kier alpha value is -0.550. The quantitative estimate of drug-likeness (QED) is 0.638. The van der Waals surface area contributed by atoms with Gasteiger partial charge in [-0.05, 0) is 6.92 Å². The van der Waals surface area contributed by atoms with Crippen molar-refractivity contribution in [3.8, 4) is 0 Å². The number of hydrogen-bond acceptors (Lipinski definition) is 4. The van der Waals surface area contributed by atoms with Crippen LogP contribution >= 0.6 is 12.6 Å². The molecule has 0 unspecified atom stereocenters. The third-order valence-corrected chi connectivity index (χ3v) is 1.67. The minimum atomic E-state index is -0.714. The van der Waals surface area contributed by atoms with Gasteiger partial charge in [-0.2, -0.15) is 12.6 Å². The average Bonchev–Trinajstić information content (AvgIpc) is 1.97. The van der Waals surface area contributed by atoms with Gasteiger partial charge >= 0.3 is 0 Å². The molecule has 0 heterocycles. The normalized spacial score (nSPS) is 12.3. The van der Waals surface area contributed by atoms with E-state index in [2.05, 4.69) is 12.6 Å². The van der Waals surface area contributed by atoms with E-state index in [9.17, 15) is 9.59 Å². The molecular weight excluding hydrogens is 190 g/mol. The number of imide groups is 1. The van der Waals surface area contributed by atoms with Gasteiger partial charge < -0.3 is 5.11 Å². The number of carbonyl (C=O) groups is 2. The Kier molecular flexibility index (Phi) is 5.73. The Morgan fingerprint density at radius 3 is 2.38 bits per heavy atom. The van der Waals surface area contributed by atoms with E-state index >= 15 is 0 Å². The van der Waals surface area contributed by atoms with Crippen molar-refractivity contribution in [1.82, 2.24) is 4.90 Å². The lowest BCUT2D eigenvalue weighted by atomic mass is 10.2. The summed E-state index contributed by atoms with van der Waals surface area (Å²) >= 11 is 3.93. The Morgan fingerprint density at radius 1 is 1.54 bits per heavy atom. The molecule has 0 aromatic heterocycles. The molecule has 4 nitrogen and oxygen atoms in total. The van der Waals surface area contributed by atoms with E-state index < -0.39 is 6.10 Å². The first-order valence-corrected chi connectivity index (χ1v) is 4.72. The van der Waals surface area contributed by atoms with E-state index in [0.717, 1.165) is 4.90 Å². The van der Waals surface area contributed by atoms with Gasteiger partial charge in [-0.15, -0.1) is 0 Å². The summed E-state index contributed by atoms with van der Waals surface area (Å²) in [7, 11) is 0. The predicted molar refractivity (Wildman–Crippen MR) is 52.5 cm³/mol. The number of hydrogen-bond donors (Lipinski definition) is 2. The lowest BCUT2D eigenvalue weighted by Gasteiger charge is -2.18. The highest BCUT2D eigenvalue weighted by Crippen LogP contribution is 1.99. The van der Waals surface area contributed by atoms with Crippen molar-refractivity contribution in [3.05, 3.63) is 0 Å². The second kappa shape index (κ2) is 5.99. The molecule has 0 bridgehead atoms. The fraction of sp³-hybridized carbons (Fsp3) is 0.750. The predicted octanol–water partition coefficient (Wildman–Crippen LogP) is 0.0622. The SMILES string of the molecule is CC(=O)N(CCS)C(=O)C[C@@H](C)O. The molecule has 2 amide bonds. The second-order valence-electron chi connectivity index (χ2n) is 2.84. The van der Waals surface area contributed by atoms with Crippen molar-refractivity contribution in [2.24, 2.45) is 0 Å². The van der Waals surface area contributed by atoms with Gasteiger partial charge in [0.25, 0.3) is 0 Å². The van der Waals surface area contributed by atoms with E-state index in [1.807, 2.05) is 0 Å². The molecular formula is C8H15NO3S. The highest BCUT2D eigenvalue weighted by molar-refractivity contribution is 7.80. The van der Waals surface area contributed by atoms with Gasteiger partial charge in [-0.3, -0.25) is 14.5 Å². The number of thiol groups is 1. The van der Waals surface area contributed by atoms with Crippen LogP contribution in [0.15, 0.2) is 0 Å². The van der Waals surface area contributed by atoms with Crippen molar-refractivity contribution in [3.63, 3.8) is 0 Å². The first-order chi connectivity index (χ1) is 5.99. The maximum absolute atomic E-state index is 11.3. The highest BCUT2D eigenvalue weighted by Gasteiger charge is 2.18. The lowest BCUT2D eigenvalue weighted by molar-refractivity contribution is -0.144. The molecule has 76 valence electrons. The van der Waals surface area contributed by atoms with E-state index in [0.29, 0.717) is 12.3 Å². The molecule has 1 atom stereocenters. The van der Waals surface area contributed by atoms with Gasteiger partial charge in [0.15, 0.2) is 0 Å². The molecule has 0 aliphatic heterocycles. The number of aliphatic hydroxyl groups is 1. The van der Waals surface area contributed by atoms with Crippen LogP contribution in [0, 0.1) is 0 Å². The minimum Gasteiger partial charge on any atom is -0.393 e. The molecule has 5 heteroatoms. The van der Waals surface area contributed by atoms with Crippen molar-refractivity contribution in [2.75, 3.05) is 12.3 Å². The van der Waals surface area contributed by atoms with Crippen LogP contribution in [0.2, 0.25) is 0 Å². The van der Waals surface area contributed by atoms with Crippen LogP contribution in [0.1, 0.15) is 20.3 Å². The maximum atomic E-state index is 11.3. The summed E-state index contributed by atoms with van der Waals surface area (Å²) in [5.41, 5.74) is 0. The molecule has 0 saturated carbocycles. The van der Waals surface area contributed by atoms with Gasteiger partial charge in [0.05, 0.1) is 12.5 Å². The van der Waals surface area contributed by atoms with Crippen LogP contribution in [-0.2, 0) is 9.59 Å². The van der Waals surface area contributed by atoms with Crippen LogP contribution in [0.3, 0.4) is 0 Å². The largest absolute Gasteiger partial charge is 0.393 e. The maximum Gasteiger partial charge on any atom is 0.231 e. The fourth-order valence-corrected chi connectivity index (χ4v) is 1.12. The second-order valence-corrected chi connectivity index (χ2v) is 3.29. The van der Waals surface area contributed by atoms with E-state index in [1.54, 1.807) is 0 Å². The number of rotatable bonds is 4. The molecule has 0 rings (SSSR count). The third kappa shape index (κ3) is 4.90. The third-order valence-electron chi connectivity index (χ3n) is 1.47. The zero-order valence-corrected chi connectivity index (χ0v) is 8.75. The number of nitrogens with zero attached hydrogens (tertiary/aromatic N) is 1. The smallest absolute Gasteiger partial charge is 0.231 e. The summed E-state index contributed by atoms with van der Waals surface area (Å²) in [4.78, 5) is 23.3. The molecule has 0 aromatic rings. The Bertz CT molecular complexity index is 194. The molecule has 0 spiro atoms. The standard InChI is InChI=1S/C8H15NO3S/c1-6(10)5-8(12)9(3-4-13)7(2)11/h6,10,13H,3-5H2,1-2H3/t6-/m1/s1. The zero-order valence-electron chi connectivity index (χ0n) is 7.86. The monoisotopic (exact) mass is 205 g/mol. The van der Waals surface area contributed by atoms with Crippen LogP contribution < -0.4 is 0 Å². The van der Waals surface area contributed by atoms with E-state index in [-0.39, 0.29) is 18.2 Å². The van der Waals surface area contributed by atoms with Crippen LogP contribution in [0.25, 0.3) is 0 Å². The summed E-state index contributed by atoms with van der Waals surface area (Å²) < 4.78 is 0. The lowest BCUT2D eigenvalue weighted by Crippen LogP contribution is -2.38. The number of amides is 2. The zero-order chi connectivity index (χ0) is 10.4. The van der Waals surface area contributed by atoms with Crippen LogP contribution in [0.5, 0.6) is 0 Å². The van der Waals surface area contributed by atoms with Crippen molar-refractivity contribution >= 4 is 24.4 Å². The highest BCUT2D eigenvalue weighted by atomic mass is 32.1. The van der Waals surface area contributed by atoms with Crippen LogP contribution in [-0.4, -0.2) is 40.2 Å². The molecule has 1 N–H and O–H groups in total. The Labute approximate surface area is 83.3 Å². The van der Waals surface area contributed by atoms with Gasteiger partial charge in [0.2, 0.25) is 11.8 Å². The number of aliphatic hydroxyl groups excluding tert-OH is 1. The Balaban J connectivity index is 4.20. The van der Waals surface area contributed by atoms with Crippen molar-refractivity contribution in [2.45, 2.75) is 26.4 Å². The first-order valence-electron chi connectivity index (χ1n) is 4.09. The van der Waals surface area contributed by atoms with Gasteiger partial charge in [-0.1, -0.05) is 0 Å². The molecule has 0 radical (unpaired) electrons. The summed E-state index contributed by atoms with van der Waals surface area (Å²) in [6.45, 7) is 3.13. The van der Waals surface area contributed by atoms with Crippen molar-refractivity contribution in [1.29, 1.82) is 0 Å². The minimum absolute atomic E-state index is 0.0205. The molecule has 0 saturated heterocycles. The topological polar surface area (TPSA) is 57.6 Å². The average molecular weight is 205 g/mol. The van der Waals surface area contributed by atoms with E-state index in [1.165, 1.54) is 13.8 Å². The molecule has 13 heavy (non-hydrogen) atoms. The van der Waals surface area contributed by atoms with Gasteiger partial charge in [0, 0.05) is 19.2 Å². The first kappa shape index (κ1) is 12.4. The fourth-order valence-electron chi connectivity index (χ4n) is 0.921. The van der Waals surface area contributed by atoms with Crippen LogP contribution in [0.4, 0.5) is 0 Å². The van der Waals surface area contributed by atoms with E-state index in [4.69, 9.17) is 5.11 Å². The van der Waals surface area contributed by atoms with Crippen molar-refractivity contribution < 1.29 is 14.7 Å². The van der Waals surface area contributed by atoms with Gasteiger partial charge in [0.1, 0.15) is 0 Å². The summed E-state index contributed by atoms with van der Waals surface area (Å²) in [6.07, 6.45) is -0.734. The molecule has 0 aliphatic carbocycles. The molecule has 0 fully saturated rings. The summed E-state index contributed by atoms with van der Waals surface area (Å²) in [6, 6.07) is 0. The number of carbonyl (C=O) groups excluding carboxylic acids is 2. The summed E-state index contributed by atoms with van der Waals surface area (Å²) in [5, 5.41) is 8.94. The van der Waals surface area contributed by atoms with Gasteiger partial charge in [-0.25, -0.2) is 0 Å². The summed E-state index contributed by atoms with van der Waals surface area (Å²) in [5.74, 6) is -0.221. The Morgan fingerprint density at radius 2 is 2.08 bits per heavy atom.